The van der Waals surface area contributed by atoms with E-state index in [0.717, 1.165) is 6.54 Å². The SMILES string of the molecule is Fc1ccc(NCC2(CCl)CC2)nc1. The number of nitrogens with zero attached hydrogens (tertiary/aromatic N) is 1. The molecule has 1 fully saturated rings. The Labute approximate surface area is 87.5 Å². The number of hydrogen-bond donors (Lipinski definition) is 1. The lowest BCUT2D eigenvalue weighted by Crippen LogP contribution is -2.17. The van der Waals surface area contributed by atoms with Crippen LogP contribution in [0.1, 0.15) is 12.8 Å². The molecule has 0 bridgehead atoms. The summed E-state index contributed by atoms with van der Waals surface area (Å²) >= 11 is 5.83. The molecule has 1 aliphatic carbocycles. The Morgan fingerprint density at radius 2 is 2.29 bits per heavy atom. The molecule has 0 amide bonds. The summed E-state index contributed by atoms with van der Waals surface area (Å²) in [5.41, 5.74) is 0.262. The van der Waals surface area contributed by atoms with Crippen LogP contribution >= 0.6 is 11.6 Å². The van der Waals surface area contributed by atoms with Gasteiger partial charge in [0.1, 0.15) is 11.6 Å². The molecule has 1 aliphatic rings. The predicted molar refractivity (Wildman–Crippen MR) is 55.1 cm³/mol. The van der Waals surface area contributed by atoms with Gasteiger partial charge in [0.25, 0.3) is 0 Å². The van der Waals surface area contributed by atoms with Crippen molar-refractivity contribution in [2.75, 3.05) is 17.7 Å². The van der Waals surface area contributed by atoms with Crippen molar-refractivity contribution in [1.82, 2.24) is 4.98 Å². The van der Waals surface area contributed by atoms with Gasteiger partial charge in [-0.1, -0.05) is 0 Å². The van der Waals surface area contributed by atoms with Gasteiger partial charge in [-0.05, 0) is 25.0 Å². The quantitative estimate of drug-likeness (QED) is 0.780. The Morgan fingerprint density at radius 1 is 1.50 bits per heavy atom. The van der Waals surface area contributed by atoms with Crippen molar-refractivity contribution in [3.05, 3.63) is 24.1 Å². The van der Waals surface area contributed by atoms with Crippen molar-refractivity contribution in [2.45, 2.75) is 12.8 Å². The maximum absolute atomic E-state index is 12.5. The first-order valence-corrected chi connectivity index (χ1v) is 5.19. The molecule has 1 heterocycles. The summed E-state index contributed by atoms with van der Waals surface area (Å²) in [4.78, 5) is 3.91. The van der Waals surface area contributed by atoms with Crippen LogP contribution in [-0.2, 0) is 0 Å². The second-order valence-electron chi connectivity index (χ2n) is 3.85. The second kappa shape index (κ2) is 3.73. The normalized spacial score (nSPS) is 17.9. The molecule has 0 radical (unpaired) electrons. The number of pyridine rings is 1. The van der Waals surface area contributed by atoms with E-state index in [1.165, 1.54) is 25.1 Å². The molecule has 2 nitrogen and oxygen atoms in total. The fraction of sp³-hybridized carbons (Fsp3) is 0.500. The molecule has 0 aromatic carbocycles. The van der Waals surface area contributed by atoms with E-state index >= 15 is 0 Å². The lowest BCUT2D eigenvalue weighted by atomic mass is 10.1. The van der Waals surface area contributed by atoms with Gasteiger partial charge < -0.3 is 5.32 Å². The topological polar surface area (TPSA) is 24.9 Å². The summed E-state index contributed by atoms with van der Waals surface area (Å²) in [6.45, 7) is 0.829. The van der Waals surface area contributed by atoms with Gasteiger partial charge in [0.15, 0.2) is 0 Å². The van der Waals surface area contributed by atoms with Crippen molar-refractivity contribution in [3.63, 3.8) is 0 Å². The molecule has 0 spiro atoms. The van der Waals surface area contributed by atoms with Crippen molar-refractivity contribution in [1.29, 1.82) is 0 Å². The molecule has 0 saturated heterocycles. The highest BCUT2D eigenvalue weighted by atomic mass is 35.5. The molecule has 0 unspecified atom stereocenters. The molecule has 1 saturated carbocycles. The minimum atomic E-state index is -0.311. The maximum atomic E-state index is 12.5. The zero-order valence-corrected chi connectivity index (χ0v) is 8.52. The lowest BCUT2D eigenvalue weighted by molar-refractivity contribution is 0.612. The minimum Gasteiger partial charge on any atom is -0.369 e. The van der Waals surface area contributed by atoms with E-state index in [1.54, 1.807) is 6.07 Å². The van der Waals surface area contributed by atoms with E-state index in [9.17, 15) is 4.39 Å². The number of rotatable bonds is 4. The first-order chi connectivity index (χ1) is 6.74. The van der Waals surface area contributed by atoms with Crippen molar-refractivity contribution in [3.8, 4) is 0 Å². The largest absolute Gasteiger partial charge is 0.369 e. The second-order valence-corrected chi connectivity index (χ2v) is 4.12. The third kappa shape index (κ3) is 2.15. The Hall–Kier alpha value is -0.830. The molecule has 2 rings (SSSR count). The number of nitrogens with one attached hydrogen (secondary N) is 1. The van der Waals surface area contributed by atoms with Crippen LogP contribution in [0.25, 0.3) is 0 Å². The smallest absolute Gasteiger partial charge is 0.141 e. The van der Waals surface area contributed by atoms with Crippen LogP contribution in [0.15, 0.2) is 18.3 Å². The number of hydrogen-bond acceptors (Lipinski definition) is 2. The Bertz CT molecular complexity index is 308. The van der Waals surface area contributed by atoms with Gasteiger partial charge in [-0.2, -0.15) is 0 Å². The molecule has 1 aromatic heterocycles. The number of anilines is 1. The Balaban J connectivity index is 1.89. The molecule has 1 N–H and O–H groups in total. The van der Waals surface area contributed by atoms with Crippen LogP contribution < -0.4 is 5.32 Å². The zero-order chi connectivity index (χ0) is 10.0. The third-order valence-electron chi connectivity index (χ3n) is 2.61. The van der Waals surface area contributed by atoms with Gasteiger partial charge in [-0.3, -0.25) is 0 Å². The zero-order valence-electron chi connectivity index (χ0n) is 7.76. The van der Waals surface area contributed by atoms with Crippen LogP contribution in [0.3, 0.4) is 0 Å². The molecule has 76 valence electrons. The van der Waals surface area contributed by atoms with Gasteiger partial charge in [0.2, 0.25) is 0 Å². The van der Waals surface area contributed by atoms with Gasteiger partial charge in [-0.15, -0.1) is 11.6 Å². The molecule has 4 heteroatoms. The van der Waals surface area contributed by atoms with Gasteiger partial charge in [0.05, 0.1) is 6.20 Å². The molecule has 1 aromatic rings. The first kappa shape index (κ1) is 9.71. The molecule has 0 atom stereocenters. The van der Waals surface area contributed by atoms with Crippen LogP contribution in [0.5, 0.6) is 0 Å². The molecular weight excluding hydrogens is 203 g/mol. The summed E-state index contributed by atoms with van der Waals surface area (Å²) in [6.07, 6.45) is 3.55. The fourth-order valence-corrected chi connectivity index (χ4v) is 1.65. The van der Waals surface area contributed by atoms with E-state index in [1.807, 2.05) is 0 Å². The van der Waals surface area contributed by atoms with Crippen LogP contribution in [0.4, 0.5) is 10.2 Å². The van der Waals surface area contributed by atoms with Gasteiger partial charge in [0, 0.05) is 17.8 Å². The van der Waals surface area contributed by atoms with Crippen LogP contribution in [0, 0.1) is 11.2 Å². The monoisotopic (exact) mass is 214 g/mol. The molecular formula is C10H12ClFN2. The predicted octanol–water partition coefficient (Wildman–Crippen LogP) is 2.65. The van der Waals surface area contributed by atoms with E-state index < -0.39 is 0 Å². The summed E-state index contributed by atoms with van der Waals surface area (Å²) in [5.74, 6) is 1.08. The number of halogens is 2. The van der Waals surface area contributed by atoms with Gasteiger partial charge >= 0.3 is 0 Å². The lowest BCUT2D eigenvalue weighted by Gasteiger charge is -2.12. The van der Waals surface area contributed by atoms with Gasteiger partial charge in [-0.25, -0.2) is 9.37 Å². The molecule has 0 aliphatic heterocycles. The van der Waals surface area contributed by atoms with E-state index in [4.69, 9.17) is 11.6 Å². The standard InChI is InChI=1S/C10H12ClFN2/c11-6-10(3-4-10)7-14-9-2-1-8(12)5-13-9/h1-2,5H,3-4,6-7H2,(H,13,14). The summed E-state index contributed by atoms with van der Waals surface area (Å²) in [7, 11) is 0. The fourth-order valence-electron chi connectivity index (χ4n) is 1.29. The highest BCUT2D eigenvalue weighted by Gasteiger charge is 2.41. The van der Waals surface area contributed by atoms with E-state index in [0.29, 0.717) is 11.7 Å². The third-order valence-corrected chi connectivity index (χ3v) is 3.18. The summed E-state index contributed by atoms with van der Waals surface area (Å²) in [6, 6.07) is 3.04. The van der Waals surface area contributed by atoms with E-state index in [2.05, 4.69) is 10.3 Å². The van der Waals surface area contributed by atoms with E-state index in [-0.39, 0.29) is 11.2 Å². The van der Waals surface area contributed by atoms with Crippen molar-refractivity contribution < 1.29 is 4.39 Å². The molecule has 14 heavy (non-hydrogen) atoms. The average Bonchev–Trinajstić information content (AvgIpc) is 2.98. The maximum Gasteiger partial charge on any atom is 0.141 e. The van der Waals surface area contributed by atoms with Crippen LogP contribution in [-0.4, -0.2) is 17.4 Å². The highest BCUT2D eigenvalue weighted by Crippen LogP contribution is 2.46. The first-order valence-electron chi connectivity index (χ1n) is 4.66. The van der Waals surface area contributed by atoms with Crippen molar-refractivity contribution >= 4 is 17.4 Å². The number of aromatic nitrogens is 1. The summed E-state index contributed by atoms with van der Waals surface area (Å²) in [5, 5.41) is 3.16. The average molecular weight is 215 g/mol. The Kier molecular flexibility index (Phi) is 2.59. The van der Waals surface area contributed by atoms with Crippen LogP contribution in [0.2, 0.25) is 0 Å². The Morgan fingerprint density at radius 3 is 2.79 bits per heavy atom. The van der Waals surface area contributed by atoms with Crippen molar-refractivity contribution in [2.24, 2.45) is 5.41 Å². The number of alkyl halides is 1. The summed E-state index contributed by atoms with van der Waals surface area (Å²) < 4.78 is 12.5. The minimum absolute atomic E-state index is 0.262. The highest BCUT2D eigenvalue weighted by molar-refractivity contribution is 6.18.